The van der Waals surface area contributed by atoms with Gasteiger partial charge >= 0.3 is 0 Å². The lowest BCUT2D eigenvalue weighted by atomic mass is 10.0. The predicted octanol–water partition coefficient (Wildman–Crippen LogP) is 2.14. The molecule has 0 aromatic heterocycles. The topological polar surface area (TPSA) is 63.4 Å². The van der Waals surface area contributed by atoms with E-state index >= 15 is 0 Å². The molecular weight excluding hydrogens is 267 g/mol. The largest absolute Gasteiger partial charge is 0.399 e. The number of anilines is 1. The molecule has 0 amide bonds. The van der Waals surface area contributed by atoms with Crippen LogP contribution in [0.15, 0.2) is 17.0 Å². The van der Waals surface area contributed by atoms with Crippen LogP contribution in [0.2, 0.25) is 0 Å². The molecule has 0 saturated carbocycles. The standard InChI is InChI=1S/C13H19FN2O2S/c1-9-4-3-5-16(8-9)19(17,18)12-7-11(15)6-10(2)13(12)14/h6-7,9H,3-5,8,15H2,1-2H3. The number of nitrogen functional groups attached to an aromatic ring is 1. The molecule has 106 valence electrons. The summed E-state index contributed by atoms with van der Waals surface area (Å²) in [6.07, 6.45) is 1.81. The fourth-order valence-corrected chi connectivity index (χ4v) is 4.23. The number of benzene rings is 1. The summed E-state index contributed by atoms with van der Waals surface area (Å²) in [5, 5.41) is 0. The van der Waals surface area contributed by atoms with Gasteiger partial charge in [0, 0.05) is 18.8 Å². The molecule has 1 aliphatic heterocycles. The molecule has 1 heterocycles. The summed E-state index contributed by atoms with van der Waals surface area (Å²) >= 11 is 0. The lowest BCUT2D eigenvalue weighted by Gasteiger charge is -2.30. The molecule has 1 aromatic carbocycles. The molecule has 0 bridgehead atoms. The summed E-state index contributed by atoms with van der Waals surface area (Å²) in [6.45, 7) is 4.40. The Morgan fingerprint density at radius 3 is 2.74 bits per heavy atom. The zero-order valence-corrected chi connectivity index (χ0v) is 12.0. The second kappa shape index (κ2) is 5.09. The summed E-state index contributed by atoms with van der Waals surface area (Å²) in [5.74, 6) is -0.402. The van der Waals surface area contributed by atoms with Gasteiger partial charge in [0.1, 0.15) is 10.7 Å². The second-order valence-electron chi connectivity index (χ2n) is 5.26. The molecule has 1 saturated heterocycles. The highest BCUT2D eigenvalue weighted by Gasteiger charge is 2.31. The smallest absolute Gasteiger partial charge is 0.246 e. The van der Waals surface area contributed by atoms with Crippen molar-refractivity contribution in [3.05, 3.63) is 23.5 Å². The van der Waals surface area contributed by atoms with Crippen molar-refractivity contribution in [1.29, 1.82) is 0 Å². The first-order chi connectivity index (χ1) is 8.82. The molecule has 1 atom stereocenters. The summed E-state index contributed by atoms with van der Waals surface area (Å²) in [7, 11) is -3.79. The minimum atomic E-state index is -3.79. The highest BCUT2D eigenvalue weighted by atomic mass is 32.2. The molecule has 0 aliphatic carbocycles. The molecule has 1 unspecified atom stereocenters. The molecule has 0 spiro atoms. The number of hydrogen-bond acceptors (Lipinski definition) is 3. The monoisotopic (exact) mass is 286 g/mol. The van der Waals surface area contributed by atoms with Crippen molar-refractivity contribution in [3.63, 3.8) is 0 Å². The third-order valence-electron chi connectivity index (χ3n) is 3.48. The van der Waals surface area contributed by atoms with Crippen LogP contribution in [0.5, 0.6) is 0 Å². The van der Waals surface area contributed by atoms with Gasteiger partial charge < -0.3 is 5.73 Å². The zero-order chi connectivity index (χ0) is 14.2. The Labute approximate surface area is 113 Å². The summed E-state index contributed by atoms with van der Waals surface area (Å²) in [6, 6.07) is 2.64. The van der Waals surface area contributed by atoms with Gasteiger partial charge in [-0.2, -0.15) is 4.31 Å². The summed E-state index contributed by atoms with van der Waals surface area (Å²) in [5.41, 5.74) is 6.15. The molecular formula is C13H19FN2O2S. The number of halogens is 1. The van der Waals surface area contributed by atoms with E-state index in [4.69, 9.17) is 5.73 Å². The van der Waals surface area contributed by atoms with Gasteiger partial charge in [-0.1, -0.05) is 6.92 Å². The van der Waals surface area contributed by atoms with Gasteiger partial charge in [-0.25, -0.2) is 12.8 Å². The average molecular weight is 286 g/mol. The van der Waals surface area contributed by atoms with E-state index in [2.05, 4.69) is 0 Å². The fourth-order valence-electron chi connectivity index (χ4n) is 2.46. The van der Waals surface area contributed by atoms with Crippen LogP contribution >= 0.6 is 0 Å². The second-order valence-corrected chi connectivity index (χ2v) is 7.17. The van der Waals surface area contributed by atoms with Crippen LogP contribution in [-0.2, 0) is 10.0 Å². The van der Waals surface area contributed by atoms with Crippen LogP contribution < -0.4 is 5.73 Å². The van der Waals surface area contributed by atoms with Gasteiger partial charge in [0.2, 0.25) is 10.0 Å². The van der Waals surface area contributed by atoms with E-state index in [0.29, 0.717) is 19.0 Å². The molecule has 6 heteroatoms. The number of aryl methyl sites for hydroxylation is 1. The van der Waals surface area contributed by atoms with Crippen molar-refractivity contribution in [1.82, 2.24) is 4.31 Å². The molecule has 19 heavy (non-hydrogen) atoms. The van der Waals surface area contributed by atoms with Gasteiger partial charge in [0.25, 0.3) is 0 Å². The van der Waals surface area contributed by atoms with Crippen LogP contribution in [0.3, 0.4) is 0 Å². The first-order valence-electron chi connectivity index (χ1n) is 6.38. The third-order valence-corrected chi connectivity index (χ3v) is 5.35. The van der Waals surface area contributed by atoms with Gasteiger partial charge in [0.05, 0.1) is 0 Å². The van der Waals surface area contributed by atoms with Gasteiger partial charge in [0.15, 0.2) is 0 Å². The van der Waals surface area contributed by atoms with Crippen LogP contribution in [-0.4, -0.2) is 25.8 Å². The highest BCUT2D eigenvalue weighted by molar-refractivity contribution is 7.89. The Hall–Kier alpha value is -1.14. The number of rotatable bonds is 2. The first kappa shape index (κ1) is 14.3. The van der Waals surface area contributed by atoms with E-state index in [0.717, 1.165) is 12.8 Å². The van der Waals surface area contributed by atoms with Gasteiger partial charge in [-0.3, -0.25) is 0 Å². The molecule has 1 aromatic rings. The number of nitrogens with two attached hydrogens (primary N) is 1. The van der Waals surface area contributed by atoms with Crippen LogP contribution in [0.1, 0.15) is 25.3 Å². The van der Waals surface area contributed by atoms with Crippen LogP contribution in [0, 0.1) is 18.7 Å². The Morgan fingerprint density at radius 1 is 1.42 bits per heavy atom. The van der Waals surface area contributed by atoms with Crippen molar-refractivity contribution in [2.24, 2.45) is 5.92 Å². The maximum Gasteiger partial charge on any atom is 0.246 e. The number of hydrogen-bond donors (Lipinski definition) is 1. The van der Waals surface area contributed by atoms with Crippen molar-refractivity contribution >= 4 is 15.7 Å². The van der Waals surface area contributed by atoms with E-state index in [1.165, 1.54) is 23.4 Å². The van der Waals surface area contributed by atoms with E-state index in [-0.39, 0.29) is 16.1 Å². The molecule has 0 radical (unpaired) electrons. The van der Waals surface area contributed by atoms with E-state index in [1.54, 1.807) is 0 Å². The maximum atomic E-state index is 14.1. The quantitative estimate of drug-likeness (QED) is 0.847. The van der Waals surface area contributed by atoms with Crippen LogP contribution in [0.4, 0.5) is 10.1 Å². The molecule has 1 fully saturated rings. The van der Waals surface area contributed by atoms with Gasteiger partial charge in [-0.15, -0.1) is 0 Å². The van der Waals surface area contributed by atoms with E-state index in [9.17, 15) is 12.8 Å². The van der Waals surface area contributed by atoms with Crippen molar-refractivity contribution in [2.75, 3.05) is 18.8 Å². The number of nitrogens with zero attached hydrogens (tertiary/aromatic N) is 1. The summed E-state index contributed by atoms with van der Waals surface area (Å²) < 4.78 is 40.4. The van der Waals surface area contributed by atoms with Crippen molar-refractivity contribution in [3.8, 4) is 0 Å². The van der Waals surface area contributed by atoms with E-state index in [1.807, 2.05) is 6.92 Å². The Bertz CT molecular complexity index is 587. The lowest BCUT2D eigenvalue weighted by molar-refractivity contribution is 0.280. The molecule has 4 nitrogen and oxygen atoms in total. The predicted molar refractivity (Wildman–Crippen MR) is 72.7 cm³/mol. The Morgan fingerprint density at radius 2 is 2.11 bits per heavy atom. The normalized spacial score (nSPS) is 21.5. The minimum absolute atomic E-state index is 0.253. The average Bonchev–Trinajstić information content (AvgIpc) is 2.33. The van der Waals surface area contributed by atoms with Crippen molar-refractivity contribution in [2.45, 2.75) is 31.6 Å². The molecule has 2 N–H and O–H groups in total. The Balaban J connectivity index is 2.45. The van der Waals surface area contributed by atoms with Crippen molar-refractivity contribution < 1.29 is 12.8 Å². The zero-order valence-electron chi connectivity index (χ0n) is 11.2. The third kappa shape index (κ3) is 2.74. The lowest BCUT2D eigenvalue weighted by Crippen LogP contribution is -2.39. The minimum Gasteiger partial charge on any atom is -0.399 e. The Kier molecular flexibility index (Phi) is 3.82. The SMILES string of the molecule is Cc1cc(N)cc(S(=O)(=O)N2CCCC(C)C2)c1F. The number of sulfonamides is 1. The summed E-state index contributed by atoms with van der Waals surface area (Å²) in [4.78, 5) is -0.306. The number of piperidine rings is 1. The first-order valence-corrected chi connectivity index (χ1v) is 7.82. The van der Waals surface area contributed by atoms with Crippen LogP contribution in [0.25, 0.3) is 0 Å². The molecule has 2 rings (SSSR count). The van der Waals surface area contributed by atoms with Gasteiger partial charge in [-0.05, 0) is 43.4 Å². The fraction of sp³-hybridized carbons (Fsp3) is 0.538. The molecule has 1 aliphatic rings. The maximum absolute atomic E-state index is 14.1. The van der Waals surface area contributed by atoms with E-state index < -0.39 is 15.8 Å². The highest BCUT2D eigenvalue weighted by Crippen LogP contribution is 2.27.